The Hall–Kier alpha value is -2.21. The molecule has 0 N–H and O–H groups in total. The van der Waals surface area contributed by atoms with E-state index in [0.29, 0.717) is 31.7 Å². The SMILES string of the molecule is Cc1ccc(C)c(N2N=C(C(=O)N3CC(C)OCC3C)CCC2=O)c1. The summed E-state index contributed by atoms with van der Waals surface area (Å²) in [5, 5.41) is 5.83. The van der Waals surface area contributed by atoms with Crippen LogP contribution in [0.3, 0.4) is 0 Å². The van der Waals surface area contributed by atoms with Crippen LogP contribution in [0.25, 0.3) is 0 Å². The van der Waals surface area contributed by atoms with Crippen LogP contribution in [0.1, 0.15) is 37.8 Å². The number of amides is 2. The Labute approximate surface area is 148 Å². The van der Waals surface area contributed by atoms with Crippen LogP contribution in [0.15, 0.2) is 23.3 Å². The Morgan fingerprint density at radius 1 is 1.24 bits per heavy atom. The van der Waals surface area contributed by atoms with Gasteiger partial charge in [-0.1, -0.05) is 12.1 Å². The highest BCUT2D eigenvalue weighted by Crippen LogP contribution is 2.26. The number of carbonyl (C=O) groups excluding carboxylic acids is 2. The number of aryl methyl sites for hydroxylation is 2. The Morgan fingerprint density at radius 2 is 2.00 bits per heavy atom. The van der Waals surface area contributed by atoms with Gasteiger partial charge in [-0.15, -0.1) is 0 Å². The molecule has 1 saturated heterocycles. The predicted molar refractivity (Wildman–Crippen MR) is 96.7 cm³/mol. The van der Waals surface area contributed by atoms with Crippen molar-refractivity contribution in [3.05, 3.63) is 29.3 Å². The minimum atomic E-state index is -0.0922. The zero-order valence-electron chi connectivity index (χ0n) is 15.3. The number of nitrogens with zero attached hydrogens (tertiary/aromatic N) is 3. The van der Waals surface area contributed by atoms with E-state index in [-0.39, 0.29) is 24.0 Å². The number of morpholine rings is 1. The number of hydrogen-bond acceptors (Lipinski definition) is 4. The van der Waals surface area contributed by atoms with Crippen molar-refractivity contribution in [1.82, 2.24) is 4.90 Å². The lowest BCUT2D eigenvalue weighted by Gasteiger charge is -2.37. The lowest BCUT2D eigenvalue weighted by atomic mass is 10.1. The van der Waals surface area contributed by atoms with Gasteiger partial charge in [-0.25, -0.2) is 5.01 Å². The van der Waals surface area contributed by atoms with E-state index in [0.717, 1.165) is 16.8 Å². The van der Waals surface area contributed by atoms with Gasteiger partial charge in [0.15, 0.2) is 0 Å². The van der Waals surface area contributed by atoms with E-state index in [9.17, 15) is 9.59 Å². The average Bonchev–Trinajstić information content (AvgIpc) is 2.59. The van der Waals surface area contributed by atoms with Crippen LogP contribution in [-0.2, 0) is 14.3 Å². The minimum Gasteiger partial charge on any atom is -0.375 e. The average molecular weight is 343 g/mol. The van der Waals surface area contributed by atoms with E-state index in [2.05, 4.69) is 5.10 Å². The molecular weight excluding hydrogens is 318 g/mol. The second kappa shape index (κ2) is 6.96. The van der Waals surface area contributed by atoms with Gasteiger partial charge in [-0.05, 0) is 44.9 Å². The largest absolute Gasteiger partial charge is 0.375 e. The van der Waals surface area contributed by atoms with Gasteiger partial charge in [-0.3, -0.25) is 9.59 Å². The highest BCUT2D eigenvalue weighted by Gasteiger charge is 2.33. The number of hydrazone groups is 1. The number of hydrogen-bond donors (Lipinski definition) is 0. The van der Waals surface area contributed by atoms with E-state index in [1.54, 1.807) is 0 Å². The Morgan fingerprint density at radius 3 is 2.76 bits per heavy atom. The summed E-state index contributed by atoms with van der Waals surface area (Å²) in [7, 11) is 0. The molecule has 1 aromatic rings. The summed E-state index contributed by atoms with van der Waals surface area (Å²) in [4.78, 5) is 27.1. The Bertz CT molecular complexity index is 729. The van der Waals surface area contributed by atoms with Crippen molar-refractivity contribution in [3.63, 3.8) is 0 Å². The van der Waals surface area contributed by atoms with Gasteiger partial charge in [0.2, 0.25) is 5.91 Å². The number of carbonyl (C=O) groups is 2. The maximum Gasteiger partial charge on any atom is 0.270 e. The van der Waals surface area contributed by atoms with Gasteiger partial charge >= 0.3 is 0 Å². The fourth-order valence-electron chi connectivity index (χ4n) is 3.20. The monoisotopic (exact) mass is 343 g/mol. The summed E-state index contributed by atoms with van der Waals surface area (Å²) in [5.74, 6) is -0.167. The maximum absolute atomic E-state index is 12.9. The van der Waals surface area contributed by atoms with E-state index in [1.165, 1.54) is 5.01 Å². The van der Waals surface area contributed by atoms with E-state index >= 15 is 0 Å². The summed E-state index contributed by atoms with van der Waals surface area (Å²) in [5.41, 5.74) is 3.21. The molecule has 0 bridgehead atoms. The zero-order valence-corrected chi connectivity index (χ0v) is 15.3. The zero-order chi connectivity index (χ0) is 18.1. The molecule has 6 heteroatoms. The van der Waals surface area contributed by atoms with Crippen molar-refractivity contribution in [3.8, 4) is 0 Å². The molecule has 2 heterocycles. The molecule has 0 spiro atoms. The van der Waals surface area contributed by atoms with E-state index in [1.807, 2.05) is 50.8 Å². The molecule has 134 valence electrons. The summed E-state index contributed by atoms with van der Waals surface area (Å²) in [6.07, 6.45) is 0.699. The van der Waals surface area contributed by atoms with Gasteiger partial charge < -0.3 is 9.64 Å². The first-order valence-corrected chi connectivity index (χ1v) is 8.77. The number of rotatable bonds is 2. The van der Waals surface area contributed by atoms with Gasteiger partial charge in [0.25, 0.3) is 5.91 Å². The molecule has 1 fully saturated rings. The fraction of sp³-hybridized carbons (Fsp3) is 0.526. The lowest BCUT2D eigenvalue weighted by molar-refractivity contribution is -0.136. The van der Waals surface area contributed by atoms with Gasteiger partial charge in [0, 0.05) is 19.4 Å². The van der Waals surface area contributed by atoms with Crippen molar-refractivity contribution in [2.45, 2.75) is 52.7 Å². The van der Waals surface area contributed by atoms with Gasteiger partial charge in [-0.2, -0.15) is 5.10 Å². The second-order valence-electron chi connectivity index (χ2n) is 6.99. The molecule has 2 atom stereocenters. The van der Waals surface area contributed by atoms with Crippen LogP contribution in [0.4, 0.5) is 5.69 Å². The van der Waals surface area contributed by atoms with Crippen molar-refractivity contribution in [1.29, 1.82) is 0 Å². The van der Waals surface area contributed by atoms with Crippen LogP contribution in [-0.4, -0.2) is 47.7 Å². The van der Waals surface area contributed by atoms with Crippen LogP contribution >= 0.6 is 0 Å². The van der Waals surface area contributed by atoms with Gasteiger partial charge in [0.1, 0.15) is 5.71 Å². The summed E-state index contributed by atoms with van der Waals surface area (Å²) < 4.78 is 5.60. The normalized spacial score (nSPS) is 24.3. The Balaban J connectivity index is 1.90. The van der Waals surface area contributed by atoms with E-state index in [4.69, 9.17) is 4.74 Å². The number of anilines is 1. The van der Waals surface area contributed by atoms with Crippen molar-refractivity contribution in [2.75, 3.05) is 18.2 Å². The lowest BCUT2D eigenvalue weighted by Crippen LogP contribution is -2.53. The van der Waals surface area contributed by atoms with Crippen LogP contribution in [0.5, 0.6) is 0 Å². The summed E-state index contributed by atoms with van der Waals surface area (Å²) >= 11 is 0. The molecule has 1 aromatic carbocycles. The quantitative estimate of drug-likeness (QED) is 0.828. The molecule has 0 radical (unpaired) electrons. The minimum absolute atomic E-state index is 0.0122. The third-order valence-corrected chi connectivity index (χ3v) is 4.74. The first-order valence-electron chi connectivity index (χ1n) is 8.77. The predicted octanol–water partition coefficient (Wildman–Crippen LogP) is 2.42. The first-order chi connectivity index (χ1) is 11.9. The summed E-state index contributed by atoms with van der Waals surface area (Å²) in [6.45, 7) is 8.93. The van der Waals surface area contributed by atoms with Crippen molar-refractivity contribution >= 4 is 23.2 Å². The Kier molecular flexibility index (Phi) is 4.90. The fourth-order valence-corrected chi connectivity index (χ4v) is 3.20. The molecule has 0 aromatic heterocycles. The van der Waals surface area contributed by atoms with Crippen LogP contribution < -0.4 is 5.01 Å². The molecular formula is C19H25N3O3. The molecule has 25 heavy (non-hydrogen) atoms. The van der Waals surface area contributed by atoms with Crippen LogP contribution in [0.2, 0.25) is 0 Å². The smallest absolute Gasteiger partial charge is 0.270 e. The molecule has 3 rings (SSSR count). The highest BCUT2D eigenvalue weighted by atomic mass is 16.5. The molecule has 2 amide bonds. The third kappa shape index (κ3) is 3.58. The molecule has 0 aliphatic carbocycles. The van der Waals surface area contributed by atoms with E-state index < -0.39 is 0 Å². The number of ether oxygens (including phenoxy) is 1. The molecule has 6 nitrogen and oxygen atoms in total. The standard InChI is InChI=1S/C19H25N3O3/c1-12-5-6-13(2)17(9-12)22-18(23)8-7-16(20-22)19(24)21-10-15(4)25-11-14(21)3/h5-6,9,14-15H,7-8,10-11H2,1-4H3. The molecule has 2 unspecified atom stereocenters. The third-order valence-electron chi connectivity index (χ3n) is 4.74. The molecule has 0 saturated carbocycles. The molecule has 2 aliphatic heterocycles. The van der Waals surface area contributed by atoms with Crippen LogP contribution in [0, 0.1) is 13.8 Å². The topological polar surface area (TPSA) is 62.2 Å². The van der Waals surface area contributed by atoms with Crippen molar-refractivity contribution in [2.24, 2.45) is 5.10 Å². The molecule has 2 aliphatic rings. The van der Waals surface area contributed by atoms with Crippen molar-refractivity contribution < 1.29 is 14.3 Å². The second-order valence-corrected chi connectivity index (χ2v) is 6.99. The summed E-state index contributed by atoms with van der Waals surface area (Å²) in [6, 6.07) is 5.91. The number of benzene rings is 1. The first kappa shape index (κ1) is 17.6. The van der Waals surface area contributed by atoms with Gasteiger partial charge in [0.05, 0.1) is 24.4 Å². The highest BCUT2D eigenvalue weighted by molar-refractivity contribution is 6.40. The maximum atomic E-state index is 12.9.